The highest BCUT2D eigenvalue weighted by Crippen LogP contribution is 2.20. The Kier molecular flexibility index (Phi) is 5.42. The molecule has 1 aliphatic heterocycles. The van der Waals surface area contributed by atoms with Gasteiger partial charge in [-0.05, 0) is 49.3 Å². The molecule has 5 heteroatoms. The minimum atomic E-state index is 0.593. The first-order valence-corrected chi connectivity index (χ1v) is 9.07. The predicted molar refractivity (Wildman–Crippen MR) is 97.8 cm³/mol. The van der Waals surface area contributed by atoms with E-state index in [0.717, 1.165) is 36.3 Å². The lowest BCUT2D eigenvalue weighted by molar-refractivity contribution is 0.355. The Bertz CT molecular complexity index is 491. The molecule has 0 amide bonds. The summed E-state index contributed by atoms with van der Waals surface area (Å²) in [4.78, 5) is 4.71. The Labute approximate surface area is 143 Å². The molecule has 120 valence electrons. The molecule has 0 atom stereocenters. The lowest BCUT2D eigenvalue weighted by atomic mass is 9.96. The van der Waals surface area contributed by atoms with Gasteiger partial charge in [-0.3, -0.25) is 0 Å². The molecule has 0 radical (unpaired) electrons. The number of hydrogen-bond acceptors (Lipinski definition) is 2. The van der Waals surface area contributed by atoms with Crippen LogP contribution < -0.4 is 10.2 Å². The first kappa shape index (κ1) is 15.9. The molecular formula is C17H24ClN3S. The zero-order valence-corrected chi connectivity index (χ0v) is 14.5. The maximum atomic E-state index is 5.96. The topological polar surface area (TPSA) is 18.5 Å². The van der Waals surface area contributed by atoms with Crippen LogP contribution in [0, 0.1) is 0 Å². The molecule has 1 aromatic rings. The van der Waals surface area contributed by atoms with E-state index in [-0.39, 0.29) is 0 Å². The number of anilines is 1. The molecule has 2 aliphatic rings. The molecule has 1 heterocycles. The normalized spacial score (nSPS) is 20.0. The average molecular weight is 338 g/mol. The lowest BCUT2D eigenvalue weighted by Gasteiger charge is -2.38. The third-order valence-electron chi connectivity index (χ3n) is 4.69. The molecule has 1 N–H and O–H groups in total. The molecule has 2 fully saturated rings. The van der Waals surface area contributed by atoms with Gasteiger partial charge in [0.25, 0.3) is 0 Å². The van der Waals surface area contributed by atoms with Gasteiger partial charge in [-0.1, -0.05) is 30.9 Å². The summed E-state index contributed by atoms with van der Waals surface area (Å²) in [6, 6.07) is 8.69. The Morgan fingerprint density at radius 1 is 1.00 bits per heavy atom. The van der Waals surface area contributed by atoms with Crippen molar-refractivity contribution >= 4 is 34.6 Å². The zero-order chi connectivity index (χ0) is 15.4. The molecule has 0 unspecified atom stereocenters. The van der Waals surface area contributed by atoms with E-state index in [1.165, 1.54) is 37.8 Å². The summed E-state index contributed by atoms with van der Waals surface area (Å²) in [5.41, 5.74) is 1.25. The minimum absolute atomic E-state index is 0.593. The van der Waals surface area contributed by atoms with Gasteiger partial charge in [0.2, 0.25) is 0 Å². The van der Waals surface area contributed by atoms with Crippen LogP contribution in [0.4, 0.5) is 5.69 Å². The Balaban J connectivity index is 1.48. The fraction of sp³-hybridized carbons (Fsp3) is 0.588. The first-order valence-electron chi connectivity index (χ1n) is 8.28. The lowest BCUT2D eigenvalue weighted by Crippen LogP contribution is -2.53. The van der Waals surface area contributed by atoms with Crippen LogP contribution in [0.3, 0.4) is 0 Å². The highest BCUT2D eigenvalue weighted by atomic mass is 35.5. The summed E-state index contributed by atoms with van der Waals surface area (Å²) in [5.74, 6) is 0. The van der Waals surface area contributed by atoms with E-state index < -0.39 is 0 Å². The van der Waals surface area contributed by atoms with Gasteiger partial charge >= 0.3 is 0 Å². The van der Waals surface area contributed by atoms with Crippen molar-refractivity contribution in [2.24, 2.45) is 0 Å². The van der Waals surface area contributed by atoms with Gasteiger partial charge in [0.05, 0.1) is 0 Å². The second-order valence-corrected chi connectivity index (χ2v) is 7.06. The van der Waals surface area contributed by atoms with Crippen LogP contribution in [-0.4, -0.2) is 42.2 Å². The Morgan fingerprint density at radius 3 is 2.27 bits per heavy atom. The maximum absolute atomic E-state index is 5.96. The van der Waals surface area contributed by atoms with E-state index in [1.807, 2.05) is 12.1 Å². The van der Waals surface area contributed by atoms with E-state index in [2.05, 4.69) is 27.2 Å². The van der Waals surface area contributed by atoms with Crippen molar-refractivity contribution in [1.29, 1.82) is 0 Å². The van der Waals surface area contributed by atoms with Gasteiger partial charge in [0.1, 0.15) is 0 Å². The summed E-state index contributed by atoms with van der Waals surface area (Å²) >= 11 is 11.6. The van der Waals surface area contributed by atoms with Crippen LogP contribution in [-0.2, 0) is 0 Å². The highest BCUT2D eigenvalue weighted by molar-refractivity contribution is 7.80. The molecule has 1 saturated heterocycles. The number of halogens is 1. The van der Waals surface area contributed by atoms with Gasteiger partial charge in [-0.25, -0.2) is 0 Å². The number of piperazine rings is 1. The van der Waals surface area contributed by atoms with Crippen molar-refractivity contribution < 1.29 is 0 Å². The summed E-state index contributed by atoms with van der Waals surface area (Å²) in [5, 5.41) is 5.31. The Hall–Kier alpha value is -1.00. The number of hydrogen-bond donors (Lipinski definition) is 1. The van der Waals surface area contributed by atoms with Crippen LogP contribution in [0.5, 0.6) is 0 Å². The van der Waals surface area contributed by atoms with E-state index >= 15 is 0 Å². The quantitative estimate of drug-likeness (QED) is 0.830. The number of benzene rings is 1. The third-order valence-corrected chi connectivity index (χ3v) is 5.32. The van der Waals surface area contributed by atoms with Crippen LogP contribution in [0.25, 0.3) is 0 Å². The van der Waals surface area contributed by atoms with Gasteiger partial charge in [0.15, 0.2) is 5.11 Å². The standard InChI is InChI=1S/C17H24ClN3S/c18-14-6-8-16(9-7-14)20-10-12-21(13-11-20)17(22)19-15-4-2-1-3-5-15/h6-9,15H,1-5,10-13H2,(H,19,22). The minimum Gasteiger partial charge on any atom is -0.368 e. The van der Waals surface area contributed by atoms with Crippen molar-refractivity contribution in [2.45, 2.75) is 38.1 Å². The van der Waals surface area contributed by atoms with Crippen molar-refractivity contribution in [3.63, 3.8) is 0 Å². The molecule has 1 saturated carbocycles. The number of thiocarbonyl (C=S) groups is 1. The predicted octanol–water partition coefficient (Wildman–Crippen LogP) is 3.67. The van der Waals surface area contributed by atoms with Gasteiger partial charge in [-0.2, -0.15) is 0 Å². The third kappa shape index (κ3) is 4.05. The molecule has 1 aromatic carbocycles. The second kappa shape index (κ2) is 7.51. The Morgan fingerprint density at radius 2 is 1.64 bits per heavy atom. The van der Waals surface area contributed by atoms with Crippen molar-refractivity contribution in [2.75, 3.05) is 31.1 Å². The largest absolute Gasteiger partial charge is 0.368 e. The summed E-state index contributed by atoms with van der Waals surface area (Å²) in [6.45, 7) is 3.99. The average Bonchev–Trinajstić information content (AvgIpc) is 2.57. The van der Waals surface area contributed by atoms with E-state index in [1.54, 1.807) is 0 Å². The summed E-state index contributed by atoms with van der Waals surface area (Å²) in [7, 11) is 0. The molecular weight excluding hydrogens is 314 g/mol. The van der Waals surface area contributed by atoms with Gasteiger partial charge < -0.3 is 15.1 Å². The van der Waals surface area contributed by atoms with Crippen molar-refractivity contribution in [1.82, 2.24) is 10.2 Å². The van der Waals surface area contributed by atoms with Crippen molar-refractivity contribution in [3.8, 4) is 0 Å². The van der Waals surface area contributed by atoms with E-state index in [9.17, 15) is 0 Å². The monoisotopic (exact) mass is 337 g/mol. The van der Waals surface area contributed by atoms with Crippen LogP contribution >= 0.6 is 23.8 Å². The number of nitrogens with one attached hydrogen (secondary N) is 1. The first-order chi connectivity index (χ1) is 10.7. The fourth-order valence-corrected chi connectivity index (χ4v) is 3.81. The summed E-state index contributed by atoms with van der Waals surface area (Å²) in [6.07, 6.45) is 6.59. The van der Waals surface area contributed by atoms with Crippen LogP contribution in [0.2, 0.25) is 5.02 Å². The molecule has 22 heavy (non-hydrogen) atoms. The van der Waals surface area contributed by atoms with Gasteiger partial charge in [-0.15, -0.1) is 0 Å². The summed E-state index contributed by atoms with van der Waals surface area (Å²) < 4.78 is 0. The smallest absolute Gasteiger partial charge is 0.169 e. The maximum Gasteiger partial charge on any atom is 0.169 e. The van der Waals surface area contributed by atoms with Crippen LogP contribution in [0.1, 0.15) is 32.1 Å². The second-order valence-electron chi connectivity index (χ2n) is 6.23. The number of rotatable bonds is 2. The molecule has 0 aromatic heterocycles. The van der Waals surface area contributed by atoms with E-state index in [4.69, 9.17) is 23.8 Å². The SMILES string of the molecule is S=C(NC1CCCCC1)N1CCN(c2ccc(Cl)cc2)CC1. The molecule has 0 bridgehead atoms. The van der Waals surface area contributed by atoms with Gasteiger partial charge in [0, 0.05) is 42.9 Å². The zero-order valence-electron chi connectivity index (χ0n) is 12.9. The molecule has 1 aliphatic carbocycles. The fourth-order valence-electron chi connectivity index (χ4n) is 3.33. The molecule has 3 rings (SSSR count). The highest BCUT2D eigenvalue weighted by Gasteiger charge is 2.21. The molecule has 3 nitrogen and oxygen atoms in total. The van der Waals surface area contributed by atoms with Crippen LogP contribution in [0.15, 0.2) is 24.3 Å². The van der Waals surface area contributed by atoms with Crippen molar-refractivity contribution in [3.05, 3.63) is 29.3 Å². The van der Waals surface area contributed by atoms with E-state index in [0.29, 0.717) is 6.04 Å². The number of nitrogens with zero attached hydrogens (tertiary/aromatic N) is 2. The molecule has 0 spiro atoms.